The molecule has 0 aromatic carbocycles. The van der Waals surface area contributed by atoms with E-state index in [0.29, 0.717) is 0 Å². The third kappa shape index (κ3) is 45700. The molecule has 0 aliphatic rings. The van der Waals surface area contributed by atoms with E-state index < -0.39 is 11.9 Å². The average molecular weight is 336 g/mol. The van der Waals surface area contributed by atoms with Gasteiger partial charge in [0.2, 0.25) is 0 Å². The standard InChI is InChI=1S/2C2H4O2.Mn.4H2O.Zr/c2*1-2(3)4;;;;;;/h2*1H3,(H,3,4);;4*1H2;/q;;+2;;;;;+4/p-2. The molecule has 0 aromatic heterocycles. The van der Waals surface area contributed by atoms with Crippen molar-refractivity contribution in [1.29, 1.82) is 0 Å². The second-order valence-corrected chi connectivity index (χ2v) is 0.983. The molecule has 0 spiro atoms. The molecular formula is C4H14MnO8Zr+4. The van der Waals surface area contributed by atoms with Crippen molar-refractivity contribution < 1.29 is 85.0 Å². The van der Waals surface area contributed by atoms with Gasteiger partial charge in [-0.05, 0) is 13.8 Å². The number of aliphatic carboxylic acids is 2. The van der Waals surface area contributed by atoms with Gasteiger partial charge in [0.05, 0.1) is 0 Å². The minimum absolute atomic E-state index is 0. The van der Waals surface area contributed by atoms with Crippen LogP contribution in [0.1, 0.15) is 13.8 Å². The topological polar surface area (TPSA) is 206 Å². The van der Waals surface area contributed by atoms with Crippen LogP contribution in [-0.2, 0) is 52.9 Å². The maximum atomic E-state index is 8.89. The van der Waals surface area contributed by atoms with E-state index in [2.05, 4.69) is 0 Å². The largest absolute Gasteiger partial charge is 4.00 e. The molecule has 1 radical (unpaired) electrons. The van der Waals surface area contributed by atoms with E-state index in [4.69, 9.17) is 19.8 Å². The first-order chi connectivity index (χ1) is 3.46. The molecule has 10 heteroatoms. The van der Waals surface area contributed by atoms with Crippen LogP contribution in [0.2, 0.25) is 0 Å². The van der Waals surface area contributed by atoms with Crippen molar-refractivity contribution >= 4 is 11.9 Å². The van der Waals surface area contributed by atoms with E-state index in [9.17, 15) is 0 Å². The Balaban J connectivity index is -0.00000000600. The molecule has 14 heavy (non-hydrogen) atoms. The summed E-state index contributed by atoms with van der Waals surface area (Å²) in [6.07, 6.45) is 0. The van der Waals surface area contributed by atoms with E-state index in [-0.39, 0.29) is 65.2 Å². The summed E-state index contributed by atoms with van der Waals surface area (Å²) >= 11 is 0. The summed E-state index contributed by atoms with van der Waals surface area (Å²) < 4.78 is 0. The van der Waals surface area contributed by atoms with Gasteiger partial charge in [-0.25, -0.2) is 0 Å². The molecular weight excluding hydrogens is 322 g/mol. The number of carbonyl (C=O) groups is 2. The number of hydrogen-bond acceptors (Lipinski definition) is 4. The third-order valence-corrected chi connectivity index (χ3v) is 0. The maximum absolute atomic E-state index is 8.89. The molecule has 0 saturated carbocycles. The molecule has 0 saturated heterocycles. The summed E-state index contributed by atoms with van der Waals surface area (Å²) in [6, 6.07) is 0. The monoisotopic (exact) mass is 335 g/mol. The first kappa shape index (κ1) is 64.5. The first-order valence-corrected chi connectivity index (χ1v) is 1.82. The van der Waals surface area contributed by atoms with Gasteiger partial charge >= 0.3 is 43.3 Å². The van der Waals surface area contributed by atoms with Gasteiger partial charge in [-0.15, -0.1) is 0 Å². The van der Waals surface area contributed by atoms with Gasteiger partial charge in [0, 0.05) is 11.9 Å². The van der Waals surface area contributed by atoms with E-state index >= 15 is 0 Å². The van der Waals surface area contributed by atoms with Crippen LogP contribution in [0, 0.1) is 0 Å². The fourth-order valence-corrected chi connectivity index (χ4v) is 0. The first-order valence-electron chi connectivity index (χ1n) is 1.82. The van der Waals surface area contributed by atoms with Crippen LogP contribution in [0.15, 0.2) is 0 Å². The molecule has 0 atom stereocenters. The number of hydrogen-bond donors (Lipinski definition) is 0. The van der Waals surface area contributed by atoms with Crippen LogP contribution >= 0.6 is 0 Å². The Labute approximate surface area is 111 Å². The zero-order valence-electron chi connectivity index (χ0n) is 7.51. The van der Waals surface area contributed by atoms with Gasteiger partial charge in [-0.2, -0.15) is 0 Å². The minimum atomic E-state index is -1.08. The summed E-state index contributed by atoms with van der Waals surface area (Å²) in [5, 5.41) is 17.8. The average Bonchev–Trinajstić information content (AvgIpc) is 1.25. The molecule has 8 N–H and O–H groups in total. The molecule has 0 amide bonds. The van der Waals surface area contributed by atoms with E-state index in [0.717, 1.165) is 13.8 Å². The quantitative estimate of drug-likeness (QED) is 0.396. The molecule has 0 aliphatic carbocycles. The SMILES string of the molecule is CC(=O)[O-].CC(=O)[O-].O.O.O.O.[Mn+2].[Zr+4]. The minimum Gasteiger partial charge on any atom is -0.550 e. The second kappa shape index (κ2) is 51.2. The predicted molar refractivity (Wildman–Crippen MR) is 35.8 cm³/mol. The van der Waals surface area contributed by atoms with Crippen molar-refractivity contribution in [3.8, 4) is 0 Å². The normalized spacial score (nSPS) is 3.57. The molecule has 0 aliphatic heterocycles. The van der Waals surface area contributed by atoms with Crippen LogP contribution in [0.5, 0.6) is 0 Å². The van der Waals surface area contributed by atoms with Gasteiger partial charge in [-0.3, -0.25) is 0 Å². The van der Waals surface area contributed by atoms with Gasteiger partial charge in [0.1, 0.15) is 0 Å². The van der Waals surface area contributed by atoms with Crippen LogP contribution < -0.4 is 10.2 Å². The molecule has 0 heterocycles. The maximum Gasteiger partial charge on any atom is 4.00 e. The van der Waals surface area contributed by atoms with E-state index in [1.165, 1.54) is 0 Å². The number of carbonyl (C=O) groups excluding carboxylic acids is 2. The summed E-state index contributed by atoms with van der Waals surface area (Å²) in [4.78, 5) is 17.8. The molecule has 8 nitrogen and oxygen atoms in total. The van der Waals surface area contributed by atoms with Crippen molar-refractivity contribution in [3.63, 3.8) is 0 Å². The van der Waals surface area contributed by atoms with Crippen LogP contribution in [-0.4, -0.2) is 33.8 Å². The Morgan fingerprint density at radius 2 is 0.786 bits per heavy atom. The van der Waals surface area contributed by atoms with Crippen LogP contribution in [0.3, 0.4) is 0 Å². The van der Waals surface area contributed by atoms with Crippen molar-refractivity contribution in [2.75, 3.05) is 0 Å². The van der Waals surface area contributed by atoms with Gasteiger partial charge in [-0.1, -0.05) is 0 Å². The zero-order chi connectivity index (χ0) is 7.15. The number of carboxylic acid groups (broad SMARTS) is 2. The van der Waals surface area contributed by atoms with Crippen molar-refractivity contribution in [2.45, 2.75) is 13.8 Å². The van der Waals surface area contributed by atoms with E-state index in [1.54, 1.807) is 0 Å². The number of rotatable bonds is 0. The molecule has 0 fully saturated rings. The third-order valence-electron chi connectivity index (χ3n) is 0. The van der Waals surface area contributed by atoms with Crippen molar-refractivity contribution in [2.24, 2.45) is 0 Å². The van der Waals surface area contributed by atoms with Gasteiger partial charge < -0.3 is 41.7 Å². The summed E-state index contributed by atoms with van der Waals surface area (Å²) in [7, 11) is 0. The summed E-state index contributed by atoms with van der Waals surface area (Å²) in [5.41, 5.74) is 0. The van der Waals surface area contributed by atoms with Crippen LogP contribution in [0.4, 0.5) is 0 Å². The Kier molecular flexibility index (Phi) is 236. The zero-order valence-corrected chi connectivity index (χ0v) is 11.1. The van der Waals surface area contributed by atoms with Gasteiger partial charge in [0.15, 0.2) is 0 Å². The molecule has 0 aromatic rings. The molecule has 0 bridgehead atoms. The predicted octanol–water partition coefficient (Wildman–Crippen LogP) is -5.79. The fraction of sp³-hybridized carbons (Fsp3) is 0.500. The Bertz CT molecular complexity index is 79.3. The van der Waals surface area contributed by atoms with E-state index in [1.807, 2.05) is 0 Å². The van der Waals surface area contributed by atoms with Gasteiger partial charge in [0.25, 0.3) is 0 Å². The second-order valence-electron chi connectivity index (χ2n) is 0.983. The summed E-state index contributed by atoms with van der Waals surface area (Å²) in [5.74, 6) is -2.17. The number of carboxylic acids is 2. The summed E-state index contributed by atoms with van der Waals surface area (Å²) in [6.45, 7) is 1.94. The Morgan fingerprint density at radius 1 is 0.786 bits per heavy atom. The molecule has 85 valence electrons. The Hall–Kier alpha value is 0.183. The van der Waals surface area contributed by atoms with Crippen molar-refractivity contribution in [1.82, 2.24) is 0 Å². The smallest absolute Gasteiger partial charge is 0.550 e. The molecule has 0 unspecified atom stereocenters. The molecule has 0 rings (SSSR count). The Morgan fingerprint density at radius 3 is 0.786 bits per heavy atom. The van der Waals surface area contributed by atoms with Crippen LogP contribution in [0.25, 0.3) is 0 Å². The van der Waals surface area contributed by atoms with Crippen molar-refractivity contribution in [3.05, 3.63) is 0 Å². The fourth-order valence-electron chi connectivity index (χ4n) is 0.